The van der Waals surface area contributed by atoms with E-state index in [-0.39, 0.29) is 0 Å². The van der Waals surface area contributed by atoms with E-state index in [0.717, 1.165) is 29.8 Å². The molecule has 1 rings (SSSR count). The minimum atomic E-state index is 0.490. The molecule has 0 heterocycles. The Balaban J connectivity index is 3.26. The Labute approximate surface area is 126 Å². The molecule has 1 aromatic rings. The highest BCUT2D eigenvalue weighted by Crippen LogP contribution is 2.32. The number of thiocarbonyl (C=S) groups is 1. The van der Waals surface area contributed by atoms with E-state index in [1.165, 1.54) is 4.90 Å². The van der Waals surface area contributed by atoms with Crippen LogP contribution in [0.15, 0.2) is 23.1 Å². The maximum atomic E-state index is 5.96. The van der Waals surface area contributed by atoms with Crippen LogP contribution >= 0.6 is 24.0 Å². The second-order valence-corrected chi connectivity index (χ2v) is 6.27. The van der Waals surface area contributed by atoms with Gasteiger partial charge in [0.25, 0.3) is 0 Å². The van der Waals surface area contributed by atoms with Crippen LogP contribution < -0.4 is 10.6 Å². The predicted octanol–water partition coefficient (Wildman–Crippen LogP) is 4.06. The number of hydrogen-bond acceptors (Lipinski definition) is 3. The van der Waals surface area contributed by atoms with Crippen molar-refractivity contribution in [3.8, 4) is 0 Å². The predicted molar refractivity (Wildman–Crippen MR) is 91.5 cm³/mol. The van der Waals surface area contributed by atoms with Crippen molar-refractivity contribution >= 4 is 34.7 Å². The molecular weight excluding hydrogens is 272 g/mol. The molecule has 4 heteroatoms. The van der Waals surface area contributed by atoms with E-state index < -0.39 is 0 Å². The third-order valence-corrected chi connectivity index (χ3v) is 4.56. The molecule has 2 N–H and O–H groups in total. The zero-order valence-electron chi connectivity index (χ0n) is 12.3. The summed E-state index contributed by atoms with van der Waals surface area (Å²) in [6, 6.07) is 6.84. The van der Waals surface area contributed by atoms with Crippen LogP contribution in [0, 0.1) is 0 Å². The van der Waals surface area contributed by atoms with E-state index in [2.05, 4.69) is 50.9 Å². The van der Waals surface area contributed by atoms with Crippen LogP contribution in [0.4, 0.5) is 5.69 Å². The highest BCUT2D eigenvalue weighted by molar-refractivity contribution is 7.99. The van der Waals surface area contributed by atoms with E-state index >= 15 is 0 Å². The zero-order chi connectivity index (χ0) is 14.4. The van der Waals surface area contributed by atoms with Crippen molar-refractivity contribution in [3.05, 3.63) is 23.8 Å². The number of nitrogens with zero attached hydrogens (tertiary/aromatic N) is 1. The van der Waals surface area contributed by atoms with Gasteiger partial charge in [-0.1, -0.05) is 39.1 Å². The molecule has 1 aromatic carbocycles. The monoisotopic (exact) mass is 296 g/mol. The van der Waals surface area contributed by atoms with Crippen LogP contribution in [-0.4, -0.2) is 23.8 Å². The van der Waals surface area contributed by atoms with Gasteiger partial charge in [-0.3, -0.25) is 0 Å². The molecule has 106 valence electrons. The second kappa shape index (κ2) is 7.75. The standard InChI is InChI=1S/C15H24N2S2/c1-5-11(6-2)17(4)12-9-8-10-13(19-7-3)14(12)15(16)18/h8-11H,5-7H2,1-4H3,(H2,16,18). The molecule has 0 saturated carbocycles. The summed E-state index contributed by atoms with van der Waals surface area (Å²) >= 11 is 7.06. The lowest BCUT2D eigenvalue weighted by Gasteiger charge is -2.30. The smallest absolute Gasteiger partial charge is 0.107 e. The number of rotatable bonds is 7. The Kier molecular flexibility index (Phi) is 6.66. The Morgan fingerprint density at radius 1 is 1.32 bits per heavy atom. The van der Waals surface area contributed by atoms with Crippen molar-refractivity contribution in [1.82, 2.24) is 0 Å². The molecule has 0 atom stereocenters. The summed E-state index contributed by atoms with van der Waals surface area (Å²) in [5.74, 6) is 1.02. The fourth-order valence-corrected chi connectivity index (χ4v) is 3.49. The summed E-state index contributed by atoms with van der Waals surface area (Å²) in [7, 11) is 2.13. The molecule has 0 fully saturated rings. The molecule has 0 bridgehead atoms. The first-order valence-electron chi connectivity index (χ1n) is 6.85. The van der Waals surface area contributed by atoms with Crippen LogP contribution in [-0.2, 0) is 0 Å². The quantitative estimate of drug-likeness (QED) is 0.607. The lowest BCUT2D eigenvalue weighted by atomic mass is 10.1. The first kappa shape index (κ1) is 16.3. The van der Waals surface area contributed by atoms with Gasteiger partial charge < -0.3 is 10.6 Å². The first-order valence-corrected chi connectivity index (χ1v) is 8.24. The third-order valence-electron chi connectivity index (χ3n) is 3.42. The van der Waals surface area contributed by atoms with Gasteiger partial charge in [0.15, 0.2) is 0 Å². The van der Waals surface area contributed by atoms with Crippen molar-refractivity contribution in [2.45, 2.75) is 44.6 Å². The number of anilines is 1. The fourth-order valence-electron chi connectivity index (χ4n) is 2.37. The maximum Gasteiger partial charge on any atom is 0.107 e. The molecule has 0 aliphatic carbocycles. The zero-order valence-corrected chi connectivity index (χ0v) is 13.9. The lowest BCUT2D eigenvalue weighted by Crippen LogP contribution is -2.32. The van der Waals surface area contributed by atoms with E-state index in [9.17, 15) is 0 Å². The highest BCUT2D eigenvalue weighted by atomic mass is 32.2. The average molecular weight is 297 g/mol. The second-order valence-electron chi connectivity index (χ2n) is 4.53. The summed E-state index contributed by atoms with van der Waals surface area (Å²) < 4.78 is 0. The summed E-state index contributed by atoms with van der Waals surface area (Å²) in [6.45, 7) is 6.58. The van der Waals surface area contributed by atoms with E-state index in [0.29, 0.717) is 11.0 Å². The number of thioether (sulfide) groups is 1. The molecular formula is C15H24N2S2. The van der Waals surface area contributed by atoms with Crippen LogP contribution in [0.1, 0.15) is 39.2 Å². The molecule has 0 saturated heterocycles. The average Bonchev–Trinajstić information content (AvgIpc) is 2.39. The van der Waals surface area contributed by atoms with Crippen LogP contribution in [0.3, 0.4) is 0 Å². The van der Waals surface area contributed by atoms with Gasteiger partial charge >= 0.3 is 0 Å². The van der Waals surface area contributed by atoms with Gasteiger partial charge in [0, 0.05) is 29.2 Å². The molecule has 0 aliphatic rings. The lowest BCUT2D eigenvalue weighted by molar-refractivity contribution is 0.591. The summed E-state index contributed by atoms with van der Waals surface area (Å²) in [6.07, 6.45) is 2.24. The topological polar surface area (TPSA) is 29.3 Å². The van der Waals surface area contributed by atoms with Crippen molar-refractivity contribution in [2.24, 2.45) is 5.73 Å². The van der Waals surface area contributed by atoms with Gasteiger partial charge in [0.2, 0.25) is 0 Å². The molecule has 0 amide bonds. The van der Waals surface area contributed by atoms with Gasteiger partial charge in [-0.05, 0) is 30.7 Å². The van der Waals surface area contributed by atoms with Crippen LogP contribution in [0.25, 0.3) is 0 Å². The minimum absolute atomic E-state index is 0.490. The van der Waals surface area contributed by atoms with Crippen molar-refractivity contribution < 1.29 is 0 Å². The Morgan fingerprint density at radius 3 is 2.42 bits per heavy atom. The molecule has 0 spiro atoms. The van der Waals surface area contributed by atoms with Crippen LogP contribution in [0.2, 0.25) is 0 Å². The van der Waals surface area contributed by atoms with E-state index in [1.54, 1.807) is 11.8 Å². The number of nitrogens with two attached hydrogens (primary N) is 1. The summed E-state index contributed by atoms with van der Waals surface area (Å²) in [5, 5.41) is 0. The number of hydrogen-bond donors (Lipinski definition) is 1. The van der Waals surface area contributed by atoms with Gasteiger partial charge in [0.05, 0.1) is 0 Å². The Hall–Kier alpha value is -0.740. The van der Waals surface area contributed by atoms with Crippen molar-refractivity contribution in [3.63, 3.8) is 0 Å². The SMILES string of the molecule is CCSc1cccc(N(C)C(CC)CC)c1C(N)=S. The number of benzene rings is 1. The van der Waals surface area contributed by atoms with Crippen molar-refractivity contribution in [2.75, 3.05) is 17.7 Å². The Bertz CT molecular complexity index is 428. The third kappa shape index (κ3) is 3.86. The van der Waals surface area contributed by atoms with Crippen LogP contribution in [0.5, 0.6) is 0 Å². The molecule has 2 nitrogen and oxygen atoms in total. The first-order chi connectivity index (χ1) is 9.06. The molecule has 19 heavy (non-hydrogen) atoms. The minimum Gasteiger partial charge on any atom is -0.389 e. The fraction of sp³-hybridized carbons (Fsp3) is 0.533. The van der Waals surface area contributed by atoms with Gasteiger partial charge in [-0.15, -0.1) is 11.8 Å². The van der Waals surface area contributed by atoms with Gasteiger partial charge in [-0.2, -0.15) is 0 Å². The Morgan fingerprint density at radius 2 is 1.95 bits per heavy atom. The van der Waals surface area contributed by atoms with E-state index in [4.69, 9.17) is 18.0 Å². The maximum absolute atomic E-state index is 5.96. The summed E-state index contributed by atoms with van der Waals surface area (Å²) in [5.41, 5.74) is 8.14. The summed E-state index contributed by atoms with van der Waals surface area (Å²) in [4.78, 5) is 3.99. The van der Waals surface area contributed by atoms with Crippen molar-refractivity contribution in [1.29, 1.82) is 0 Å². The molecule has 0 unspecified atom stereocenters. The largest absolute Gasteiger partial charge is 0.389 e. The van der Waals surface area contributed by atoms with E-state index in [1.807, 2.05) is 0 Å². The molecule has 0 radical (unpaired) electrons. The normalized spacial score (nSPS) is 10.8. The van der Waals surface area contributed by atoms with Gasteiger partial charge in [-0.25, -0.2) is 0 Å². The molecule has 0 aliphatic heterocycles. The van der Waals surface area contributed by atoms with Gasteiger partial charge in [0.1, 0.15) is 4.99 Å². The molecule has 0 aromatic heterocycles. The highest BCUT2D eigenvalue weighted by Gasteiger charge is 2.18.